The van der Waals surface area contributed by atoms with Gasteiger partial charge in [-0.2, -0.15) is 10.5 Å². The third kappa shape index (κ3) is 2.62. The van der Waals surface area contributed by atoms with E-state index in [4.69, 9.17) is 5.26 Å². The van der Waals surface area contributed by atoms with E-state index in [0.29, 0.717) is 28.4 Å². The van der Waals surface area contributed by atoms with Gasteiger partial charge in [0.25, 0.3) is 0 Å². The van der Waals surface area contributed by atoms with E-state index in [1.165, 1.54) is 17.5 Å². The molecule has 1 saturated carbocycles. The van der Waals surface area contributed by atoms with Gasteiger partial charge >= 0.3 is 0 Å². The molecule has 1 atom stereocenters. The lowest BCUT2D eigenvalue weighted by molar-refractivity contribution is 0.352. The van der Waals surface area contributed by atoms with Crippen LogP contribution in [0.25, 0.3) is 0 Å². The molecule has 4 rings (SSSR count). The Balaban J connectivity index is 1.66. The predicted octanol–water partition coefficient (Wildman–Crippen LogP) is 0.805. The van der Waals surface area contributed by atoms with Crippen LogP contribution in [-0.2, 0) is 0 Å². The normalized spacial score (nSPS) is 24.2. The van der Waals surface area contributed by atoms with E-state index in [2.05, 4.69) is 31.8 Å². The number of nitrogens with zero attached hydrogens (tertiary/aromatic N) is 6. The van der Waals surface area contributed by atoms with Gasteiger partial charge in [0.05, 0.1) is 24.5 Å². The highest BCUT2D eigenvalue weighted by Gasteiger charge is 2.36. The van der Waals surface area contributed by atoms with Gasteiger partial charge in [0.2, 0.25) is 5.13 Å². The van der Waals surface area contributed by atoms with Crippen LogP contribution in [0.4, 0.5) is 5.13 Å². The first-order valence-corrected chi connectivity index (χ1v) is 8.01. The van der Waals surface area contributed by atoms with Crippen LogP contribution < -0.4 is 10.7 Å². The Morgan fingerprint density at radius 2 is 2.30 bits per heavy atom. The minimum atomic E-state index is -0.356. The number of rotatable bonds is 3. The van der Waals surface area contributed by atoms with Gasteiger partial charge in [0, 0.05) is 12.1 Å². The summed E-state index contributed by atoms with van der Waals surface area (Å²) >= 11 is 1.22. The molecule has 114 valence electrons. The van der Waals surface area contributed by atoms with Gasteiger partial charge in [-0.05, 0) is 12.8 Å². The van der Waals surface area contributed by atoms with Crippen molar-refractivity contribution in [1.82, 2.24) is 20.7 Å². The summed E-state index contributed by atoms with van der Waals surface area (Å²) in [4.78, 5) is 13.5. The van der Waals surface area contributed by atoms with Crippen molar-refractivity contribution in [3.63, 3.8) is 0 Å². The summed E-state index contributed by atoms with van der Waals surface area (Å²) in [5.74, 6) is 1.33. The fourth-order valence-corrected chi connectivity index (χ4v) is 2.96. The molecule has 1 aromatic rings. The zero-order chi connectivity index (χ0) is 15.8. The van der Waals surface area contributed by atoms with Crippen LogP contribution in [0.3, 0.4) is 0 Å². The number of fused-ring (bicyclic) bond motifs is 1. The van der Waals surface area contributed by atoms with Crippen LogP contribution in [-0.4, -0.2) is 40.3 Å². The lowest BCUT2D eigenvalue weighted by atomic mass is 10.2. The number of thiazole rings is 1. The summed E-state index contributed by atoms with van der Waals surface area (Å²) in [6.45, 7) is 0.436. The lowest BCUT2D eigenvalue weighted by Crippen LogP contribution is -2.53. The van der Waals surface area contributed by atoms with E-state index in [9.17, 15) is 5.26 Å². The molecular formula is C14H12N8S. The molecule has 1 aromatic heterocycles. The van der Waals surface area contributed by atoms with Crippen LogP contribution >= 0.6 is 11.3 Å². The van der Waals surface area contributed by atoms with Crippen LogP contribution in [0.1, 0.15) is 17.7 Å². The molecule has 1 unspecified atom stereocenters. The molecule has 1 aliphatic carbocycles. The minimum Gasteiger partial charge on any atom is -0.379 e. The number of amidine groups is 2. The first-order chi connectivity index (χ1) is 11.3. The van der Waals surface area contributed by atoms with Crippen molar-refractivity contribution in [2.75, 3.05) is 6.54 Å². The van der Waals surface area contributed by atoms with Crippen molar-refractivity contribution < 1.29 is 0 Å². The average molecular weight is 324 g/mol. The largest absolute Gasteiger partial charge is 0.379 e. The van der Waals surface area contributed by atoms with Gasteiger partial charge in [-0.1, -0.05) is 11.3 Å². The Labute approximate surface area is 136 Å². The average Bonchev–Trinajstić information content (AvgIpc) is 3.10. The highest BCUT2D eigenvalue weighted by molar-refractivity contribution is 7.15. The Hall–Kier alpha value is -2.91. The van der Waals surface area contributed by atoms with Gasteiger partial charge < -0.3 is 5.32 Å². The molecule has 9 heteroatoms. The maximum Gasteiger partial charge on any atom is 0.212 e. The topological polar surface area (TPSA) is 112 Å². The van der Waals surface area contributed by atoms with E-state index < -0.39 is 0 Å². The zero-order valence-corrected chi connectivity index (χ0v) is 12.8. The summed E-state index contributed by atoms with van der Waals surface area (Å²) in [6.07, 6.45) is 5.66. The Bertz CT molecular complexity index is 817. The van der Waals surface area contributed by atoms with Crippen LogP contribution in [0.2, 0.25) is 0 Å². The molecule has 0 saturated heterocycles. The molecule has 2 aliphatic heterocycles. The second kappa shape index (κ2) is 5.38. The van der Waals surface area contributed by atoms with E-state index in [1.807, 2.05) is 12.1 Å². The standard InChI is InChI=1S/C14H12N8S/c15-4-9-6-17-13-11(19-8-1-2-8)3-12(21-22(9)13)20-14-18-7-10(5-16)23-14/h3,7-9,19H,1-2,6H2,(H,18,20,21). The quantitative estimate of drug-likeness (QED) is 0.850. The molecular weight excluding hydrogens is 312 g/mol. The van der Waals surface area contributed by atoms with Crippen molar-refractivity contribution in [2.24, 2.45) is 9.98 Å². The third-order valence-electron chi connectivity index (χ3n) is 3.62. The first-order valence-electron chi connectivity index (χ1n) is 7.20. The van der Waals surface area contributed by atoms with Crippen LogP contribution in [0.15, 0.2) is 28.0 Å². The van der Waals surface area contributed by atoms with E-state index >= 15 is 0 Å². The predicted molar refractivity (Wildman–Crippen MR) is 84.8 cm³/mol. The lowest BCUT2D eigenvalue weighted by Gasteiger charge is -2.30. The SMILES string of the molecule is N#Cc1cnc(N=C2C=C(NC3CC3)C3=NCC(C#N)N3N2)s1. The molecule has 3 heterocycles. The second-order valence-electron chi connectivity index (χ2n) is 5.38. The first kappa shape index (κ1) is 13.7. The Morgan fingerprint density at radius 3 is 3.00 bits per heavy atom. The van der Waals surface area contributed by atoms with E-state index in [1.54, 1.807) is 5.01 Å². The van der Waals surface area contributed by atoms with E-state index in [0.717, 1.165) is 24.4 Å². The van der Waals surface area contributed by atoms with Gasteiger partial charge in [-0.15, -0.1) is 0 Å². The fourth-order valence-electron chi connectivity index (χ4n) is 2.36. The number of nitriles is 2. The zero-order valence-electron chi connectivity index (χ0n) is 12.0. The van der Waals surface area contributed by atoms with Crippen molar-refractivity contribution in [2.45, 2.75) is 24.9 Å². The number of aromatic nitrogens is 1. The summed E-state index contributed by atoms with van der Waals surface area (Å²) in [7, 11) is 0. The molecule has 1 fully saturated rings. The van der Waals surface area contributed by atoms with Gasteiger partial charge in [0.15, 0.2) is 11.9 Å². The molecule has 0 spiro atoms. The maximum absolute atomic E-state index is 9.27. The number of nitrogens with one attached hydrogen (secondary N) is 2. The highest BCUT2D eigenvalue weighted by atomic mass is 32.1. The van der Waals surface area contributed by atoms with Crippen molar-refractivity contribution >= 4 is 28.1 Å². The third-order valence-corrected chi connectivity index (χ3v) is 4.41. The monoisotopic (exact) mass is 324 g/mol. The molecule has 23 heavy (non-hydrogen) atoms. The number of aliphatic imine (C=N–C) groups is 2. The molecule has 0 bridgehead atoms. The van der Waals surface area contributed by atoms with Crippen molar-refractivity contribution in [1.29, 1.82) is 10.5 Å². The summed E-state index contributed by atoms with van der Waals surface area (Å²) in [6, 6.07) is 4.39. The summed E-state index contributed by atoms with van der Waals surface area (Å²) < 4.78 is 0. The Kier molecular flexibility index (Phi) is 3.21. The second-order valence-corrected chi connectivity index (χ2v) is 6.39. The van der Waals surface area contributed by atoms with E-state index in [-0.39, 0.29) is 6.04 Å². The fraction of sp³-hybridized carbons (Fsp3) is 0.357. The van der Waals surface area contributed by atoms with Crippen molar-refractivity contribution in [3.05, 3.63) is 22.8 Å². The van der Waals surface area contributed by atoms with Crippen molar-refractivity contribution in [3.8, 4) is 12.1 Å². The molecule has 0 radical (unpaired) electrons. The molecule has 0 aromatic carbocycles. The molecule has 3 aliphatic rings. The number of hydrogen-bond donors (Lipinski definition) is 2. The van der Waals surface area contributed by atoms with Crippen LogP contribution in [0.5, 0.6) is 0 Å². The Morgan fingerprint density at radius 1 is 1.43 bits per heavy atom. The summed E-state index contributed by atoms with van der Waals surface area (Å²) in [5.41, 5.74) is 3.99. The molecule has 8 nitrogen and oxygen atoms in total. The summed E-state index contributed by atoms with van der Waals surface area (Å²) in [5, 5.41) is 23.8. The number of hydrazine groups is 1. The van der Waals surface area contributed by atoms with Gasteiger partial charge in [-0.3, -0.25) is 10.4 Å². The smallest absolute Gasteiger partial charge is 0.212 e. The molecule has 0 amide bonds. The molecule has 2 N–H and O–H groups in total. The minimum absolute atomic E-state index is 0.356. The highest BCUT2D eigenvalue weighted by Crippen LogP contribution is 2.25. The van der Waals surface area contributed by atoms with Gasteiger partial charge in [-0.25, -0.2) is 15.0 Å². The maximum atomic E-state index is 9.27. The van der Waals surface area contributed by atoms with Crippen LogP contribution in [0, 0.1) is 22.7 Å². The van der Waals surface area contributed by atoms with Gasteiger partial charge in [0.1, 0.15) is 16.8 Å². The number of hydrogen-bond acceptors (Lipinski definition) is 8.